The minimum atomic E-state index is -0.282. The fraction of sp³-hybridized carbons (Fsp3) is 0.160. The Labute approximate surface area is 181 Å². The molecule has 158 valence electrons. The second kappa shape index (κ2) is 10.7. The van der Waals surface area contributed by atoms with Gasteiger partial charge < -0.3 is 15.4 Å². The summed E-state index contributed by atoms with van der Waals surface area (Å²) in [6, 6.07) is 23.2. The summed E-state index contributed by atoms with van der Waals surface area (Å²) in [6.07, 6.45) is 0.210. The molecule has 6 nitrogen and oxygen atoms in total. The van der Waals surface area contributed by atoms with Crippen molar-refractivity contribution in [3.05, 3.63) is 90.0 Å². The number of anilines is 2. The maximum atomic E-state index is 12.2. The van der Waals surface area contributed by atoms with Crippen LogP contribution in [0.1, 0.15) is 28.8 Å². The van der Waals surface area contributed by atoms with E-state index in [0.29, 0.717) is 22.7 Å². The number of hydrogen-bond donors (Lipinski definition) is 2. The number of rotatable bonds is 9. The number of carbonyl (C=O) groups excluding carboxylic acids is 3. The normalized spacial score (nSPS) is 10.2. The topological polar surface area (TPSA) is 84.5 Å². The van der Waals surface area contributed by atoms with E-state index in [1.165, 1.54) is 0 Å². The van der Waals surface area contributed by atoms with E-state index in [0.717, 1.165) is 5.56 Å². The van der Waals surface area contributed by atoms with Crippen LogP contribution in [0, 0.1) is 6.92 Å². The first kappa shape index (κ1) is 21.8. The van der Waals surface area contributed by atoms with Crippen molar-refractivity contribution in [3.8, 4) is 5.75 Å². The molecule has 0 aliphatic carbocycles. The number of Topliss-reactive ketones (excluding diaryl/α,β-unsaturated/α-hetero) is 1. The number of hydrogen-bond acceptors (Lipinski definition) is 4. The van der Waals surface area contributed by atoms with E-state index < -0.39 is 0 Å². The summed E-state index contributed by atoms with van der Waals surface area (Å²) in [4.78, 5) is 36.4. The number of carbonyl (C=O) groups is 3. The second-order valence-corrected chi connectivity index (χ2v) is 7.07. The molecule has 2 amide bonds. The smallest absolute Gasteiger partial charge is 0.262 e. The monoisotopic (exact) mass is 416 g/mol. The summed E-state index contributed by atoms with van der Waals surface area (Å²) in [6.45, 7) is 1.80. The van der Waals surface area contributed by atoms with Gasteiger partial charge in [-0.25, -0.2) is 0 Å². The van der Waals surface area contributed by atoms with Crippen molar-refractivity contribution in [2.75, 3.05) is 17.2 Å². The molecule has 0 aromatic heterocycles. The molecule has 0 spiro atoms. The van der Waals surface area contributed by atoms with E-state index >= 15 is 0 Å². The van der Waals surface area contributed by atoms with E-state index in [-0.39, 0.29) is 37.0 Å². The lowest BCUT2D eigenvalue weighted by Crippen LogP contribution is -2.20. The lowest BCUT2D eigenvalue weighted by Gasteiger charge is -2.10. The van der Waals surface area contributed by atoms with Gasteiger partial charge in [-0.3, -0.25) is 14.4 Å². The van der Waals surface area contributed by atoms with Crippen LogP contribution in [0.4, 0.5) is 11.4 Å². The van der Waals surface area contributed by atoms with Crippen LogP contribution >= 0.6 is 0 Å². The van der Waals surface area contributed by atoms with E-state index in [4.69, 9.17) is 4.74 Å². The molecule has 0 saturated carbocycles. The third-order valence-electron chi connectivity index (χ3n) is 4.50. The third-order valence-corrected chi connectivity index (χ3v) is 4.50. The summed E-state index contributed by atoms with van der Waals surface area (Å²) >= 11 is 0. The van der Waals surface area contributed by atoms with Crippen LogP contribution in [0.25, 0.3) is 0 Å². The highest BCUT2D eigenvalue weighted by Gasteiger charge is 2.10. The Morgan fingerprint density at radius 2 is 1.42 bits per heavy atom. The maximum absolute atomic E-state index is 12.2. The first-order valence-electron chi connectivity index (χ1n) is 9.97. The standard InChI is InChI=1S/C25H24N2O4/c1-18-10-12-19(13-11-18)23(28)14-15-24(29)27-21-8-5-9-22(16-21)31-17-25(30)26-20-6-3-2-4-7-20/h2-13,16H,14-15,17H2,1H3,(H,26,30)(H,27,29). The van der Waals surface area contributed by atoms with Crippen LogP contribution in [0.15, 0.2) is 78.9 Å². The number of amides is 2. The van der Waals surface area contributed by atoms with Gasteiger partial charge in [-0.15, -0.1) is 0 Å². The van der Waals surface area contributed by atoms with Gasteiger partial charge in [-0.1, -0.05) is 54.1 Å². The van der Waals surface area contributed by atoms with Crippen molar-refractivity contribution in [2.24, 2.45) is 0 Å². The Kier molecular flexibility index (Phi) is 7.54. The molecule has 0 atom stereocenters. The molecule has 3 aromatic carbocycles. The van der Waals surface area contributed by atoms with Crippen molar-refractivity contribution in [1.29, 1.82) is 0 Å². The average Bonchev–Trinajstić information content (AvgIpc) is 2.77. The Morgan fingerprint density at radius 1 is 0.742 bits per heavy atom. The zero-order valence-electron chi connectivity index (χ0n) is 17.3. The number of nitrogens with one attached hydrogen (secondary N) is 2. The number of aryl methyl sites for hydroxylation is 1. The molecule has 31 heavy (non-hydrogen) atoms. The van der Waals surface area contributed by atoms with Crippen LogP contribution in [0.2, 0.25) is 0 Å². The largest absolute Gasteiger partial charge is 0.484 e. The number of ether oxygens (including phenoxy) is 1. The lowest BCUT2D eigenvalue weighted by atomic mass is 10.0. The lowest BCUT2D eigenvalue weighted by molar-refractivity contribution is -0.118. The van der Waals surface area contributed by atoms with Crippen molar-refractivity contribution >= 4 is 29.0 Å². The Bertz CT molecular complexity index is 1050. The maximum Gasteiger partial charge on any atom is 0.262 e. The van der Waals surface area contributed by atoms with E-state index in [1.54, 1.807) is 48.5 Å². The molecule has 0 unspecified atom stereocenters. The fourth-order valence-corrected chi connectivity index (χ4v) is 2.87. The SMILES string of the molecule is Cc1ccc(C(=O)CCC(=O)Nc2cccc(OCC(=O)Nc3ccccc3)c2)cc1. The Morgan fingerprint density at radius 3 is 2.16 bits per heavy atom. The van der Waals surface area contributed by atoms with E-state index in [1.807, 2.05) is 37.3 Å². The number of para-hydroxylation sites is 1. The minimum absolute atomic E-state index is 0.0725. The molecule has 2 N–H and O–H groups in total. The Balaban J connectivity index is 1.46. The summed E-state index contributed by atoms with van der Waals surface area (Å²) in [5.74, 6) is -0.164. The van der Waals surface area contributed by atoms with Gasteiger partial charge in [0.2, 0.25) is 5.91 Å². The van der Waals surface area contributed by atoms with Crippen LogP contribution in [0.3, 0.4) is 0 Å². The highest BCUT2D eigenvalue weighted by molar-refractivity contribution is 6.00. The molecule has 6 heteroatoms. The molecular formula is C25H24N2O4. The Hall–Kier alpha value is -3.93. The van der Waals surface area contributed by atoms with Gasteiger partial charge in [-0.2, -0.15) is 0 Å². The van der Waals surface area contributed by atoms with Crippen molar-refractivity contribution in [1.82, 2.24) is 0 Å². The van der Waals surface area contributed by atoms with Crippen LogP contribution in [0.5, 0.6) is 5.75 Å². The van der Waals surface area contributed by atoms with Crippen LogP contribution in [-0.4, -0.2) is 24.2 Å². The molecule has 0 radical (unpaired) electrons. The van der Waals surface area contributed by atoms with Gasteiger partial charge in [0.25, 0.3) is 5.91 Å². The fourth-order valence-electron chi connectivity index (χ4n) is 2.87. The van der Waals surface area contributed by atoms with Crippen LogP contribution < -0.4 is 15.4 Å². The van der Waals surface area contributed by atoms with Crippen molar-refractivity contribution in [2.45, 2.75) is 19.8 Å². The summed E-state index contributed by atoms with van der Waals surface area (Å²) in [5.41, 5.74) is 2.91. The number of benzene rings is 3. The molecule has 0 aliphatic heterocycles. The molecule has 3 rings (SSSR count). The summed E-state index contributed by atoms with van der Waals surface area (Å²) in [5, 5.41) is 5.49. The average molecular weight is 416 g/mol. The van der Waals surface area contributed by atoms with E-state index in [2.05, 4.69) is 10.6 Å². The first-order chi connectivity index (χ1) is 15.0. The third kappa shape index (κ3) is 7.12. The number of ketones is 1. The zero-order chi connectivity index (χ0) is 22.1. The predicted octanol–water partition coefficient (Wildman–Crippen LogP) is 4.61. The molecule has 0 bridgehead atoms. The molecule has 3 aromatic rings. The quantitative estimate of drug-likeness (QED) is 0.499. The zero-order valence-corrected chi connectivity index (χ0v) is 17.3. The van der Waals surface area contributed by atoms with Gasteiger partial charge in [0.15, 0.2) is 12.4 Å². The van der Waals surface area contributed by atoms with Crippen molar-refractivity contribution < 1.29 is 19.1 Å². The molecule has 0 fully saturated rings. The van der Waals surface area contributed by atoms with Gasteiger partial charge in [-0.05, 0) is 31.2 Å². The van der Waals surface area contributed by atoms with Gasteiger partial charge in [0.05, 0.1) is 0 Å². The molecule has 0 heterocycles. The van der Waals surface area contributed by atoms with Gasteiger partial charge in [0.1, 0.15) is 5.75 Å². The molecular weight excluding hydrogens is 392 g/mol. The van der Waals surface area contributed by atoms with Gasteiger partial charge >= 0.3 is 0 Å². The summed E-state index contributed by atoms with van der Waals surface area (Å²) < 4.78 is 5.51. The predicted molar refractivity (Wildman–Crippen MR) is 120 cm³/mol. The van der Waals surface area contributed by atoms with E-state index in [9.17, 15) is 14.4 Å². The molecule has 0 saturated heterocycles. The summed E-state index contributed by atoms with van der Waals surface area (Å²) in [7, 11) is 0. The van der Waals surface area contributed by atoms with Gasteiger partial charge in [0, 0.05) is 35.8 Å². The van der Waals surface area contributed by atoms with Crippen molar-refractivity contribution in [3.63, 3.8) is 0 Å². The first-order valence-corrected chi connectivity index (χ1v) is 9.97. The highest BCUT2D eigenvalue weighted by atomic mass is 16.5. The molecule has 0 aliphatic rings. The second-order valence-electron chi connectivity index (χ2n) is 7.07. The highest BCUT2D eigenvalue weighted by Crippen LogP contribution is 2.18. The minimum Gasteiger partial charge on any atom is -0.484 e. The van der Waals surface area contributed by atoms with Crippen LogP contribution in [-0.2, 0) is 9.59 Å².